The van der Waals surface area contributed by atoms with Gasteiger partial charge in [0.1, 0.15) is 0 Å². The van der Waals surface area contributed by atoms with Crippen molar-refractivity contribution in [1.29, 1.82) is 0 Å². The van der Waals surface area contributed by atoms with E-state index >= 15 is 0 Å². The molecule has 2 unspecified atom stereocenters. The first kappa shape index (κ1) is 13.8. The van der Waals surface area contributed by atoms with Crippen LogP contribution in [0.4, 0.5) is 0 Å². The molecule has 108 valence electrons. The number of para-hydroxylation sites is 1. The molecule has 0 saturated heterocycles. The lowest BCUT2D eigenvalue weighted by atomic mass is 9.92. The molecule has 1 aliphatic rings. The standard InChI is InChI=1S/C16H22N2OS/c1-2-20(19)11-10-17-15-9-5-7-13-12-6-3-4-8-14(12)18-16(13)15/h3-4,6,8,15,17-18H,2,5,7,9-11H2,1H3. The molecule has 1 heterocycles. The largest absolute Gasteiger partial charge is 0.357 e. The first-order valence-electron chi connectivity index (χ1n) is 7.47. The van der Waals surface area contributed by atoms with Crippen molar-refractivity contribution < 1.29 is 4.21 Å². The number of fused-ring (bicyclic) bond motifs is 3. The molecule has 0 bridgehead atoms. The Morgan fingerprint density at radius 3 is 3.10 bits per heavy atom. The topological polar surface area (TPSA) is 44.9 Å². The predicted octanol–water partition coefficient (Wildman–Crippen LogP) is 2.90. The van der Waals surface area contributed by atoms with Crippen LogP contribution in [0.2, 0.25) is 0 Å². The lowest BCUT2D eigenvalue weighted by Crippen LogP contribution is -2.28. The molecule has 0 amide bonds. The molecule has 1 aromatic carbocycles. The molecule has 2 aromatic rings. The lowest BCUT2D eigenvalue weighted by Gasteiger charge is -2.23. The van der Waals surface area contributed by atoms with E-state index in [-0.39, 0.29) is 0 Å². The maximum absolute atomic E-state index is 11.5. The summed E-state index contributed by atoms with van der Waals surface area (Å²) in [5.74, 6) is 1.51. The molecule has 4 heteroatoms. The molecule has 0 radical (unpaired) electrons. The number of nitrogens with one attached hydrogen (secondary N) is 2. The summed E-state index contributed by atoms with van der Waals surface area (Å²) in [6.45, 7) is 2.81. The van der Waals surface area contributed by atoms with Crippen LogP contribution >= 0.6 is 0 Å². The maximum Gasteiger partial charge on any atom is 0.0476 e. The van der Waals surface area contributed by atoms with E-state index in [2.05, 4.69) is 34.6 Å². The minimum absolute atomic E-state index is 0.389. The molecule has 0 saturated carbocycles. The molecular formula is C16H22N2OS. The molecule has 1 aromatic heterocycles. The van der Waals surface area contributed by atoms with Gasteiger partial charge in [0.05, 0.1) is 0 Å². The van der Waals surface area contributed by atoms with E-state index in [0.717, 1.165) is 18.1 Å². The molecule has 3 rings (SSSR count). The van der Waals surface area contributed by atoms with Gasteiger partial charge in [-0.2, -0.15) is 0 Å². The van der Waals surface area contributed by atoms with Crippen molar-refractivity contribution in [2.45, 2.75) is 32.2 Å². The fourth-order valence-corrected chi connectivity index (χ4v) is 3.74. The molecular weight excluding hydrogens is 268 g/mol. The van der Waals surface area contributed by atoms with E-state index in [9.17, 15) is 4.21 Å². The SMILES string of the molecule is CCS(=O)CCNC1CCCc2c1[nH]c1ccccc21. The summed E-state index contributed by atoms with van der Waals surface area (Å²) < 4.78 is 11.5. The Hall–Kier alpha value is -1.13. The average Bonchev–Trinajstić information content (AvgIpc) is 2.86. The quantitative estimate of drug-likeness (QED) is 0.889. The minimum atomic E-state index is -0.677. The van der Waals surface area contributed by atoms with Crippen LogP contribution in [0.25, 0.3) is 10.9 Å². The van der Waals surface area contributed by atoms with Gasteiger partial charge in [-0.05, 0) is 30.9 Å². The van der Waals surface area contributed by atoms with Crippen LogP contribution in [-0.4, -0.2) is 27.2 Å². The van der Waals surface area contributed by atoms with Gasteiger partial charge in [0.15, 0.2) is 0 Å². The van der Waals surface area contributed by atoms with Crippen molar-refractivity contribution in [1.82, 2.24) is 10.3 Å². The van der Waals surface area contributed by atoms with Crippen molar-refractivity contribution in [2.75, 3.05) is 18.1 Å². The Kier molecular flexibility index (Phi) is 4.22. The van der Waals surface area contributed by atoms with Crippen LogP contribution in [0, 0.1) is 0 Å². The van der Waals surface area contributed by atoms with Crippen LogP contribution in [-0.2, 0) is 17.2 Å². The third-order valence-corrected chi connectivity index (χ3v) is 5.46. The summed E-state index contributed by atoms with van der Waals surface area (Å²) in [4.78, 5) is 3.58. The average molecular weight is 290 g/mol. The fraction of sp³-hybridized carbons (Fsp3) is 0.500. The number of H-pyrrole nitrogens is 1. The van der Waals surface area contributed by atoms with E-state index in [4.69, 9.17) is 0 Å². The highest BCUT2D eigenvalue weighted by Gasteiger charge is 2.23. The summed E-state index contributed by atoms with van der Waals surface area (Å²) in [6.07, 6.45) is 3.56. The monoisotopic (exact) mass is 290 g/mol. The van der Waals surface area contributed by atoms with Gasteiger partial charge in [-0.25, -0.2) is 0 Å². The number of aromatic amines is 1. The van der Waals surface area contributed by atoms with Gasteiger partial charge in [0.25, 0.3) is 0 Å². The predicted molar refractivity (Wildman–Crippen MR) is 85.5 cm³/mol. The highest BCUT2D eigenvalue weighted by molar-refractivity contribution is 7.84. The summed E-state index contributed by atoms with van der Waals surface area (Å²) in [5.41, 5.74) is 4.06. The number of rotatable bonds is 5. The van der Waals surface area contributed by atoms with E-state index in [1.807, 2.05) is 6.92 Å². The zero-order valence-corrected chi connectivity index (χ0v) is 12.8. The van der Waals surface area contributed by atoms with Crippen molar-refractivity contribution >= 4 is 21.7 Å². The maximum atomic E-state index is 11.5. The van der Waals surface area contributed by atoms with Crippen molar-refractivity contribution in [3.05, 3.63) is 35.5 Å². The highest BCUT2D eigenvalue weighted by Crippen LogP contribution is 2.34. The molecule has 0 spiro atoms. The third-order valence-electron chi connectivity index (χ3n) is 4.16. The number of aromatic nitrogens is 1. The number of benzene rings is 1. The zero-order valence-electron chi connectivity index (χ0n) is 11.9. The highest BCUT2D eigenvalue weighted by atomic mass is 32.2. The summed E-state index contributed by atoms with van der Waals surface area (Å²) in [7, 11) is -0.677. The normalized spacial score (nSPS) is 19.9. The first-order valence-corrected chi connectivity index (χ1v) is 8.96. The molecule has 0 aliphatic heterocycles. The molecule has 20 heavy (non-hydrogen) atoms. The molecule has 1 aliphatic carbocycles. The van der Waals surface area contributed by atoms with Crippen molar-refractivity contribution in [3.63, 3.8) is 0 Å². The van der Waals surface area contributed by atoms with Crippen molar-refractivity contribution in [3.8, 4) is 0 Å². The number of hydrogen-bond donors (Lipinski definition) is 2. The third kappa shape index (κ3) is 2.67. The second-order valence-electron chi connectivity index (χ2n) is 5.39. The summed E-state index contributed by atoms with van der Waals surface area (Å²) in [6, 6.07) is 8.94. The molecule has 2 N–H and O–H groups in total. The zero-order chi connectivity index (χ0) is 13.9. The fourth-order valence-electron chi connectivity index (χ4n) is 3.11. The second-order valence-corrected chi connectivity index (χ2v) is 7.26. The van der Waals surface area contributed by atoms with Crippen molar-refractivity contribution in [2.24, 2.45) is 0 Å². The molecule has 0 fully saturated rings. The van der Waals surface area contributed by atoms with Gasteiger partial charge in [-0.1, -0.05) is 25.1 Å². The Labute approximate surface area is 122 Å². The lowest BCUT2D eigenvalue weighted by molar-refractivity contribution is 0.465. The van der Waals surface area contributed by atoms with E-state index in [0.29, 0.717) is 6.04 Å². The van der Waals surface area contributed by atoms with Gasteiger partial charge >= 0.3 is 0 Å². The van der Waals surface area contributed by atoms with Crippen LogP contribution < -0.4 is 5.32 Å². The van der Waals surface area contributed by atoms with Gasteiger partial charge in [0.2, 0.25) is 0 Å². The van der Waals surface area contributed by atoms with Crippen LogP contribution in [0.15, 0.2) is 24.3 Å². The second kappa shape index (κ2) is 6.10. The van der Waals surface area contributed by atoms with Gasteiger partial charge in [-0.3, -0.25) is 4.21 Å². The summed E-state index contributed by atoms with van der Waals surface area (Å²) >= 11 is 0. The van der Waals surface area contributed by atoms with E-state index < -0.39 is 10.8 Å². The Balaban J connectivity index is 1.78. The summed E-state index contributed by atoms with van der Waals surface area (Å²) in [5, 5.41) is 4.95. The molecule has 2 atom stereocenters. The Morgan fingerprint density at radius 2 is 2.25 bits per heavy atom. The van der Waals surface area contributed by atoms with E-state index in [1.165, 1.54) is 41.4 Å². The Bertz CT molecular complexity index is 620. The number of aryl methyl sites for hydroxylation is 1. The van der Waals surface area contributed by atoms with Crippen LogP contribution in [0.3, 0.4) is 0 Å². The van der Waals surface area contributed by atoms with Gasteiger partial charge < -0.3 is 10.3 Å². The van der Waals surface area contributed by atoms with Crippen LogP contribution in [0.5, 0.6) is 0 Å². The van der Waals surface area contributed by atoms with Gasteiger partial charge in [-0.15, -0.1) is 0 Å². The van der Waals surface area contributed by atoms with Crippen LogP contribution in [0.1, 0.15) is 37.1 Å². The number of hydrogen-bond acceptors (Lipinski definition) is 2. The van der Waals surface area contributed by atoms with Gasteiger partial charge in [0, 0.05) is 51.5 Å². The van der Waals surface area contributed by atoms with E-state index in [1.54, 1.807) is 0 Å². The molecule has 3 nitrogen and oxygen atoms in total. The Morgan fingerprint density at radius 1 is 1.40 bits per heavy atom. The smallest absolute Gasteiger partial charge is 0.0476 e. The minimum Gasteiger partial charge on any atom is -0.357 e. The first-order chi connectivity index (χ1) is 9.79.